The first-order chi connectivity index (χ1) is 6.70. The third-order valence-corrected chi connectivity index (χ3v) is 2.55. The normalized spacial score (nSPS) is 24.1. The van der Waals surface area contributed by atoms with E-state index in [4.69, 9.17) is 5.26 Å². The molecule has 0 aliphatic heterocycles. The molecule has 2 atom stereocenters. The smallest absolute Gasteiger partial charge is 0.143 e. The van der Waals surface area contributed by atoms with Crippen molar-refractivity contribution >= 4 is 5.69 Å². The summed E-state index contributed by atoms with van der Waals surface area (Å²) in [7, 11) is 0. The van der Waals surface area contributed by atoms with E-state index in [1.165, 1.54) is 12.1 Å². The minimum absolute atomic E-state index is 0.0967. The zero-order chi connectivity index (χ0) is 10.1. The zero-order valence-corrected chi connectivity index (χ0v) is 7.92. The van der Waals surface area contributed by atoms with Crippen molar-refractivity contribution in [3.05, 3.63) is 29.6 Å². The van der Waals surface area contributed by atoms with Gasteiger partial charge in [-0.2, -0.15) is 5.26 Å². The Bertz CT molecular complexity index is 395. The maximum absolute atomic E-state index is 13.2. The molecule has 0 heterocycles. The van der Waals surface area contributed by atoms with Crippen molar-refractivity contribution < 1.29 is 4.39 Å². The molecule has 1 aliphatic carbocycles. The molecule has 0 bridgehead atoms. The molecular weight excluding hydrogens is 179 g/mol. The molecule has 1 N–H and O–H groups in total. The summed E-state index contributed by atoms with van der Waals surface area (Å²) in [6.45, 7) is 2.15. The third-order valence-electron chi connectivity index (χ3n) is 2.55. The predicted octanol–water partition coefficient (Wildman–Crippen LogP) is 2.52. The molecule has 14 heavy (non-hydrogen) atoms. The van der Waals surface area contributed by atoms with Gasteiger partial charge in [0.2, 0.25) is 0 Å². The molecule has 1 saturated carbocycles. The van der Waals surface area contributed by atoms with Gasteiger partial charge in [-0.3, -0.25) is 0 Å². The van der Waals surface area contributed by atoms with Crippen molar-refractivity contribution in [1.29, 1.82) is 5.26 Å². The molecule has 1 aliphatic rings. The molecule has 0 spiro atoms. The van der Waals surface area contributed by atoms with Gasteiger partial charge in [0, 0.05) is 11.7 Å². The van der Waals surface area contributed by atoms with Gasteiger partial charge in [0.15, 0.2) is 0 Å². The van der Waals surface area contributed by atoms with Gasteiger partial charge in [0.05, 0.1) is 5.56 Å². The quantitative estimate of drug-likeness (QED) is 0.777. The Kier molecular flexibility index (Phi) is 2.12. The fourth-order valence-corrected chi connectivity index (χ4v) is 1.43. The van der Waals surface area contributed by atoms with E-state index in [1.807, 2.05) is 0 Å². The Morgan fingerprint density at radius 1 is 1.57 bits per heavy atom. The summed E-state index contributed by atoms with van der Waals surface area (Å²) in [6.07, 6.45) is 1.14. The molecule has 72 valence electrons. The largest absolute Gasteiger partial charge is 0.382 e. The number of rotatable bonds is 2. The maximum atomic E-state index is 13.2. The Hall–Kier alpha value is -1.56. The first-order valence-electron chi connectivity index (χ1n) is 4.67. The summed E-state index contributed by atoms with van der Waals surface area (Å²) in [5.74, 6) is 0.222. The second kappa shape index (κ2) is 3.30. The Balaban J connectivity index is 2.13. The standard InChI is InChI=1S/C11H11FN2/c1-7-4-11(7)14-9-3-2-8(6-13)10(12)5-9/h2-3,5,7,11,14H,4H2,1H3. The molecule has 2 nitrogen and oxygen atoms in total. The summed E-state index contributed by atoms with van der Waals surface area (Å²) < 4.78 is 13.2. The van der Waals surface area contributed by atoms with Crippen LogP contribution in [0.4, 0.5) is 10.1 Å². The van der Waals surface area contributed by atoms with Crippen LogP contribution < -0.4 is 5.32 Å². The molecule has 1 aromatic carbocycles. The van der Waals surface area contributed by atoms with E-state index in [0.29, 0.717) is 12.0 Å². The van der Waals surface area contributed by atoms with Crippen LogP contribution in [0.5, 0.6) is 0 Å². The summed E-state index contributed by atoms with van der Waals surface area (Å²) in [5.41, 5.74) is 0.857. The number of benzene rings is 1. The number of hydrogen-bond donors (Lipinski definition) is 1. The lowest BCUT2D eigenvalue weighted by Gasteiger charge is -2.04. The fourth-order valence-electron chi connectivity index (χ4n) is 1.43. The average molecular weight is 190 g/mol. The van der Waals surface area contributed by atoms with E-state index >= 15 is 0 Å². The minimum Gasteiger partial charge on any atom is -0.382 e. The fraction of sp³-hybridized carbons (Fsp3) is 0.364. The highest BCUT2D eigenvalue weighted by atomic mass is 19.1. The number of nitriles is 1. The van der Waals surface area contributed by atoms with Gasteiger partial charge in [-0.25, -0.2) is 4.39 Å². The number of nitrogens with one attached hydrogen (secondary N) is 1. The first kappa shape index (κ1) is 9.01. The molecule has 0 radical (unpaired) electrons. The number of halogens is 1. The highest BCUT2D eigenvalue weighted by molar-refractivity contribution is 5.49. The van der Waals surface area contributed by atoms with Crippen LogP contribution in [0.1, 0.15) is 18.9 Å². The number of hydrogen-bond acceptors (Lipinski definition) is 2. The van der Waals surface area contributed by atoms with E-state index in [2.05, 4.69) is 12.2 Å². The van der Waals surface area contributed by atoms with Crippen LogP contribution in [-0.2, 0) is 0 Å². The minimum atomic E-state index is -0.453. The summed E-state index contributed by atoms with van der Waals surface area (Å²) in [6, 6.07) is 6.90. The van der Waals surface area contributed by atoms with E-state index < -0.39 is 5.82 Å². The topological polar surface area (TPSA) is 35.8 Å². The molecular formula is C11H11FN2. The van der Waals surface area contributed by atoms with Crippen LogP contribution in [0.3, 0.4) is 0 Å². The lowest BCUT2D eigenvalue weighted by atomic mass is 10.2. The van der Waals surface area contributed by atoms with Crippen molar-refractivity contribution in [2.24, 2.45) is 5.92 Å². The molecule has 1 aromatic rings. The monoisotopic (exact) mass is 190 g/mol. The van der Waals surface area contributed by atoms with E-state index in [-0.39, 0.29) is 5.56 Å². The van der Waals surface area contributed by atoms with E-state index in [1.54, 1.807) is 12.1 Å². The van der Waals surface area contributed by atoms with Crippen LogP contribution in [0, 0.1) is 23.1 Å². The zero-order valence-electron chi connectivity index (χ0n) is 7.92. The van der Waals surface area contributed by atoms with Crippen LogP contribution in [0.2, 0.25) is 0 Å². The van der Waals surface area contributed by atoms with Crippen molar-refractivity contribution in [2.75, 3.05) is 5.32 Å². The summed E-state index contributed by atoms with van der Waals surface area (Å²) >= 11 is 0. The van der Waals surface area contributed by atoms with Crippen molar-refractivity contribution in [2.45, 2.75) is 19.4 Å². The Morgan fingerprint density at radius 2 is 2.29 bits per heavy atom. The molecule has 2 rings (SSSR count). The molecule has 0 amide bonds. The van der Waals surface area contributed by atoms with Gasteiger partial charge in [-0.1, -0.05) is 6.92 Å². The maximum Gasteiger partial charge on any atom is 0.143 e. The predicted molar refractivity (Wildman–Crippen MR) is 52.3 cm³/mol. The number of anilines is 1. The SMILES string of the molecule is CC1CC1Nc1ccc(C#N)c(F)c1. The van der Waals surface area contributed by atoms with Gasteiger partial charge >= 0.3 is 0 Å². The Labute approximate surface area is 82.4 Å². The van der Waals surface area contributed by atoms with Crippen LogP contribution >= 0.6 is 0 Å². The van der Waals surface area contributed by atoms with E-state index in [0.717, 1.165) is 12.1 Å². The van der Waals surface area contributed by atoms with Crippen molar-refractivity contribution in [1.82, 2.24) is 0 Å². The van der Waals surface area contributed by atoms with Gasteiger partial charge < -0.3 is 5.32 Å². The second-order valence-electron chi connectivity index (χ2n) is 3.77. The molecule has 3 heteroatoms. The highest BCUT2D eigenvalue weighted by Crippen LogP contribution is 2.32. The lowest BCUT2D eigenvalue weighted by Crippen LogP contribution is -2.03. The first-order valence-corrected chi connectivity index (χ1v) is 4.67. The average Bonchev–Trinajstić information content (AvgIpc) is 2.82. The van der Waals surface area contributed by atoms with Crippen LogP contribution in [-0.4, -0.2) is 6.04 Å². The summed E-state index contributed by atoms with van der Waals surface area (Å²) in [4.78, 5) is 0. The van der Waals surface area contributed by atoms with Crippen molar-refractivity contribution in [3.63, 3.8) is 0 Å². The molecule has 2 unspecified atom stereocenters. The van der Waals surface area contributed by atoms with Gasteiger partial charge in [0.1, 0.15) is 11.9 Å². The highest BCUT2D eigenvalue weighted by Gasteiger charge is 2.32. The van der Waals surface area contributed by atoms with E-state index in [9.17, 15) is 4.39 Å². The summed E-state index contributed by atoms with van der Waals surface area (Å²) in [5, 5.41) is 11.7. The molecule has 0 saturated heterocycles. The molecule has 1 fully saturated rings. The van der Waals surface area contributed by atoms with Gasteiger partial charge in [-0.05, 0) is 30.5 Å². The van der Waals surface area contributed by atoms with Crippen LogP contribution in [0.15, 0.2) is 18.2 Å². The lowest BCUT2D eigenvalue weighted by molar-refractivity contribution is 0.624. The Morgan fingerprint density at radius 3 is 2.79 bits per heavy atom. The van der Waals surface area contributed by atoms with Crippen molar-refractivity contribution in [3.8, 4) is 6.07 Å². The van der Waals surface area contributed by atoms with Gasteiger partial charge in [-0.15, -0.1) is 0 Å². The third kappa shape index (κ3) is 1.69. The number of nitrogens with zero attached hydrogens (tertiary/aromatic N) is 1. The van der Waals surface area contributed by atoms with Crippen LogP contribution in [0.25, 0.3) is 0 Å². The van der Waals surface area contributed by atoms with Gasteiger partial charge in [0.25, 0.3) is 0 Å². The second-order valence-corrected chi connectivity index (χ2v) is 3.77. The molecule has 0 aromatic heterocycles.